The van der Waals surface area contributed by atoms with E-state index in [1.54, 1.807) is 32.3 Å². The molecule has 26 heavy (non-hydrogen) atoms. The molecule has 8 nitrogen and oxygen atoms in total. The Morgan fingerprint density at radius 1 is 1.12 bits per heavy atom. The Hall–Kier alpha value is -1.91. The average molecular weight is 398 g/mol. The molecule has 0 amide bonds. The van der Waals surface area contributed by atoms with Gasteiger partial charge in [0, 0.05) is 46.8 Å². The smallest absolute Gasteiger partial charge is 0.328 e. The van der Waals surface area contributed by atoms with Gasteiger partial charge in [0.05, 0.1) is 15.9 Å². The van der Waals surface area contributed by atoms with Crippen molar-refractivity contribution in [1.82, 2.24) is 23.7 Å². The van der Waals surface area contributed by atoms with Crippen LogP contribution in [0.1, 0.15) is 6.92 Å². The molecule has 1 aromatic heterocycles. The summed E-state index contributed by atoms with van der Waals surface area (Å²) in [6, 6.07) is 4.81. The lowest BCUT2D eigenvalue weighted by atomic mass is 10.3. The third-order valence-corrected chi connectivity index (χ3v) is 7.03. The third-order valence-electron chi connectivity index (χ3n) is 4.74. The van der Waals surface area contributed by atoms with Gasteiger partial charge >= 0.3 is 5.69 Å². The molecule has 1 aromatic carbocycles. The molecule has 0 bridgehead atoms. The molecule has 0 aliphatic carbocycles. The Morgan fingerprint density at radius 2 is 1.73 bits per heavy atom. The van der Waals surface area contributed by atoms with Crippen molar-refractivity contribution in [1.29, 1.82) is 0 Å². The highest BCUT2D eigenvalue weighted by Crippen LogP contribution is 2.22. The lowest BCUT2D eigenvalue weighted by Crippen LogP contribution is -2.52. The molecule has 0 atom stereocenters. The number of benzene rings is 1. The molecule has 3 rings (SSSR count). The molecule has 2 heterocycles. The van der Waals surface area contributed by atoms with Gasteiger partial charge in [-0.1, -0.05) is 0 Å². The van der Waals surface area contributed by atoms with Crippen molar-refractivity contribution in [2.24, 2.45) is 14.1 Å². The molecule has 0 spiro atoms. The predicted molar refractivity (Wildman–Crippen MR) is 105 cm³/mol. The van der Waals surface area contributed by atoms with Gasteiger partial charge in [0.1, 0.15) is 0 Å². The molecule has 1 fully saturated rings. The van der Waals surface area contributed by atoms with Crippen molar-refractivity contribution in [2.45, 2.75) is 11.8 Å². The highest BCUT2D eigenvalue weighted by molar-refractivity contribution is 7.89. The van der Waals surface area contributed by atoms with Gasteiger partial charge in [0.25, 0.3) is 0 Å². The van der Waals surface area contributed by atoms with Gasteiger partial charge < -0.3 is 10.2 Å². The van der Waals surface area contributed by atoms with Crippen molar-refractivity contribution in [3.8, 4) is 0 Å². The molecule has 0 radical (unpaired) electrons. The number of piperazine rings is 1. The minimum absolute atomic E-state index is 0.180. The van der Waals surface area contributed by atoms with Crippen molar-refractivity contribution >= 4 is 38.4 Å². The van der Waals surface area contributed by atoms with Crippen molar-refractivity contribution in [3.63, 3.8) is 0 Å². The quantitative estimate of drug-likeness (QED) is 0.739. The molecule has 0 unspecified atom stereocenters. The summed E-state index contributed by atoms with van der Waals surface area (Å²) in [5, 5.41) is 3.75. The number of sulfonamides is 1. The fraction of sp³-hybridized carbons (Fsp3) is 0.500. The normalized spacial score (nSPS) is 16.2. The van der Waals surface area contributed by atoms with Crippen LogP contribution in [-0.2, 0) is 24.1 Å². The van der Waals surface area contributed by atoms with E-state index in [2.05, 4.69) is 5.32 Å². The first-order chi connectivity index (χ1) is 12.3. The van der Waals surface area contributed by atoms with E-state index < -0.39 is 10.0 Å². The molecule has 1 aliphatic rings. The number of aryl methyl sites for hydroxylation is 2. The van der Waals surface area contributed by atoms with Gasteiger partial charge in [-0.05, 0) is 37.3 Å². The van der Waals surface area contributed by atoms with E-state index in [9.17, 15) is 13.2 Å². The monoisotopic (exact) mass is 397 g/mol. The number of rotatable bonds is 3. The van der Waals surface area contributed by atoms with Gasteiger partial charge in [-0.3, -0.25) is 9.13 Å². The summed E-state index contributed by atoms with van der Waals surface area (Å²) in [7, 11) is -0.305. The second-order valence-electron chi connectivity index (χ2n) is 6.28. The van der Waals surface area contributed by atoms with Crippen LogP contribution < -0.4 is 11.0 Å². The van der Waals surface area contributed by atoms with Gasteiger partial charge in [-0.15, -0.1) is 0 Å². The maximum Gasteiger partial charge on any atom is 0.328 e. The summed E-state index contributed by atoms with van der Waals surface area (Å²) < 4.78 is 30.4. The number of nitrogens with zero attached hydrogens (tertiary/aromatic N) is 4. The number of thiocarbonyl (C=S) groups is 1. The van der Waals surface area contributed by atoms with Crippen molar-refractivity contribution in [2.75, 3.05) is 32.7 Å². The van der Waals surface area contributed by atoms with Gasteiger partial charge in [-0.2, -0.15) is 4.31 Å². The van der Waals surface area contributed by atoms with Crippen LogP contribution >= 0.6 is 12.2 Å². The zero-order chi connectivity index (χ0) is 19.1. The molecular weight excluding hydrogens is 374 g/mol. The number of imidazole rings is 1. The van der Waals surface area contributed by atoms with Crippen LogP contribution in [-0.4, -0.2) is 64.6 Å². The summed E-state index contributed by atoms with van der Waals surface area (Å²) >= 11 is 5.29. The molecule has 2 aromatic rings. The van der Waals surface area contributed by atoms with Gasteiger partial charge in [0.2, 0.25) is 10.0 Å². The van der Waals surface area contributed by atoms with Crippen LogP contribution in [0.3, 0.4) is 0 Å². The number of nitrogens with one attached hydrogen (secondary N) is 1. The number of hydrogen-bond acceptors (Lipinski definition) is 4. The molecule has 10 heteroatoms. The highest BCUT2D eigenvalue weighted by atomic mass is 32.2. The van der Waals surface area contributed by atoms with Crippen LogP contribution in [0.15, 0.2) is 27.9 Å². The van der Waals surface area contributed by atoms with E-state index >= 15 is 0 Å². The lowest BCUT2D eigenvalue weighted by molar-refractivity contribution is 0.264. The fourth-order valence-electron chi connectivity index (χ4n) is 3.19. The summed E-state index contributed by atoms with van der Waals surface area (Å²) in [6.45, 7) is 4.57. The molecule has 142 valence electrons. The first-order valence-corrected chi connectivity index (χ1v) is 10.3. The lowest BCUT2D eigenvalue weighted by Gasteiger charge is -2.35. The minimum Gasteiger partial charge on any atom is -0.363 e. The average Bonchev–Trinajstić information content (AvgIpc) is 2.86. The summed E-state index contributed by atoms with van der Waals surface area (Å²) in [6.07, 6.45) is 0. The molecule has 1 saturated heterocycles. The van der Waals surface area contributed by atoms with Crippen LogP contribution in [0.4, 0.5) is 0 Å². The van der Waals surface area contributed by atoms with E-state index in [4.69, 9.17) is 12.2 Å². The van der Waals surface area contributed by atoms with Crippen molar-refractivity contribution in [3.05, 3.63) is 28.7 Å². The first-order valence-electron chi connectivity index (χ1n) is 8.45. The maximum atomic E-state index is 13.0. The molecule has 1 N–H and O–H groups in total. The second kappa shape index (κ2) is 7.01. The second-order valence-corrected chi connectivity index (χ2v) is 8.60. The number of aromatic nitrogens is 2. The Morgan fingerprint density at radius 3 is 2.35 bits per heavy atom. The molecular formula is C16H23N5O3S2. The van der Waals surface area contributed by atoms with Gasteiger partial charge in [0.15, 0.2) is 5.11 Å². The molecule has 0 saturated carbocycles. The predicted octanol–water partition coefficient (Wildman–Crippen LogP) is 0.0777. The van der Waals surface area contributed by atoms with Crippen LogP contribution in [0.25, 0.3) is 11.0 Å². The van der Waals surface area contributed by atoms with Gasteiger partial charge in [-0.25, -0.2) is 13.2 Å². The van der Waals surface area contributed by atoms with E-state index in [0.717, 1.165) is 6.54 Å². The Labute approximate surface area is 158 Å². The zero-order valence-electron chi connectivity index (χ0n) is 15.1. The SMILES string of the molecule is CCNC(=S)N1CCN(S(=O)(=O)c2ccc3c(c2)n(C)c(=O)n3C)CC1. The van der Waals surface area contributed by atoms with Crippen LogP contribution in [0, 0.1) is 0 Å². The summed E-state index contributed by atoms with van der Waals surface area (Å²) in [4.78, 5) is 14.2. The standard InChI is InChI=1S/C16H23N5O3S2/c1-4-17-15(25)20-7-9-21(10-8-20)26(23,24)12-5-6-13-14(11-12)19(3)16(22)18(13)2/h5-6,11H,4,7-10H2,1-3H3,(H,17,25). The number of fused-ring (bicyclic) bond motifs is 1. The van der Waals surface area contributed by atoms with Crippen LogP contribution in [0.2, 0.25) is 0 Å². The Kier molecular flexibility index (Phi) is 5.09. The van der Waals surface area contributed by atoms with E-state index in [0.29, 0.717) is 42.3 Å². The fourth-order valence-corrected chi connectivity index (χ4v) is 4.96. The topological polar surface area (TPSA) is 79.6 Å². The highest BCUT2D eigenvalue weighted by Gasteiger charge is 2.29. The maximum absolute atomic E-state index is 13.0. The van der Waals surface area contributed by atoms with Crippen LogP contribution in [0.5, 0.6) is 0 Å². The summed E-state index contributed by atoms with van der Waals surface area (Å²) in [5.41, 5.74) is 1.13. The first kappa shape index (κ1) is 18.9. The summed E-state index contributed by atoms with van der Waals surface area (Å²) in [5.74, 6) is 0. The molecule has 1 aliphatic heterocycles. The Balaban J connectivity index is 1.85. The third kappa shape index (κ3) is 3.12. The Bertz CT molecular complexity index is 1000. The largest absolute Gasteiger partial charge is 0.363 e. The number of hydrogen-bond donors (Lipinski definition) is 1. The zero-order valence-corrected chi connectivity index (χ0v) is 16.7. The minimum atomic E-state index is -3.62. The van der Waals surface area contributed by atoms with Crippen molar-refractivity contribution < 1.29 is 8.42 Å². The van der Waals surface area contributed by atoms with E-state index in [1.165, 1.54) is 13.4 Å². The van der Waals surface area contributed by atoms with E-state index in [-0.39, 0.29) is 10.6 Å². The van der Waals surface area contributed by atoms with E-state index in [1.807, 2.05) is 11.8 Å².